The molecule has 2 bridgehead atoms. The van der Waals surface area contributed by atoms with Crippen molar-refractivity contribution in [2.75, 3.05) is 11.4 Å². The number of nitrogens with zero attached hydrogens (tertiary/aromatic N) is 2. The van der Waals surface area contributed by atoms with Gasteiger partial charge in [0, 0.05) is 41.5 Å². The second kappa shape index (κ2) is 4.33. The average molecular weight is 278 g/mol. The van der Waals surface area contributed by atoms with Gasteiger partial charge in [0.2, 0.25) is 0 Å². The Hall–Kier alpha value is -1.83. The molecule has 0 N–H and O–H groups in total. The fraction of sp³-hybridized carbons (Fsp3) is 0.421. The van der Waals surface area contributed by atoms with Gasteiger partial charge in [0.15, 0.2) is 0 Å². The van der Waals surface area contributed by atoms with Crippen molar-refractivity contribution in [3.8, 4) is 0 Å². The van der Waals surface area contributed by atoms with Crippen LogP contribution in [0.2, 0.25) is 0 Å². The van der Waals surface area contributed by atoms with Crippen molar-refractivity contribution in [1.82, 2.24) is 4.98 Å². The molecule has 1 fully saturated rings. The molecule has 1 saturated heterocycles. The van der Waals surface area contributed by atoms with Gasteiger partial charge in [0.25, 0.3) is 0 Å². The summed E-state index contributed by atoms with van der Waals surface area (Å²) >= 11 is 0. The summed E-state index contributed by atoms with van der Waals surface area (Å²) in [7, 11) is 0. The highest BCUT2D eigenvalue weighted by Gasteiger charge is 2.48. The van der Waals surface area contributed by atoms with E-state index in [1.807, 2.05) is 0 Å². The lowest BCUT2D eigenvalue weighted by atomic mass is 9.77. The molecule has 4 rings (SSSR count). The Morgan fingerprint density at radius 2 is 1.90 bits per heavy atom. The maximum Gasteiger partial charge on any atom is 0.0414 e. The predicted molar refractivity (Wildman–Crippen MR) is 87.2 cm³/mol. The highest BCUT2D eigenvalue weighted by molar-refractivity contribution is 5.66. The Labute approximate surface area is 126 Å². The number of benzene rings is 1. The van der Waals surface area contributed by atoms with Crippen LogP contribution in [0.15, 0.2) is 30.3 Å². The van der Waals surface area contributed by atoms with E-state index in [0.29, 0.717) is 17.9 Å². The molecule has 0 saturated carbocycles. The Morgan fingerprint density at radius 3 is 2.67 bits per heavy atom. The van der Waals surface area contributed by atoms with Crippen molar-refractivity contribution in [1.29, 1.82) is 0 Å². The minimum absolute atomic E-state index is 0.562. The molecule has 1 aromatic carbocycles. The third-order valence-corrected chi connectivity index (χ3v) is 5.40. The molecule has 2 aliphatic rings. The summed E-state index contributed by atoms with van der Waals surface area (Å²) in [5.41, 5.74) is 8.21. The lowest BCUT2D eigenvalue weighted by Crippen LogP contribution is -2.31. The third kappa shape index (κ3) is 1.68. The number of aromatic nitrogens is 1. The Kier molecular flexibility index (Phi) is 2.66. The van der Waals surface area contributed by atoms with Crippen molar-refractivity contribution in [2.45, 2.75) is 45.6 Å². The number of pyridine rings is 1. The van der Waals surface area contributed by atoms with Gasteiger partial charge >= 0.3 is 0 Å². The molecule has 3 heterocycles. The first-order valence-corrected chi connectivity index (χ1v) is 7.88. The van der Waals surface area contributed by atoms with Gasteiger partial charge in [-0.25, -0.2) is 0 Å². The van der Waals surface area contributed by atoms with E-state index >= 15 is 0 Å². The standard InChI is InChI=1S/C19H22N2/c1-11-9-12(2)20-13(3)18(11)19-14(4)21-10-16(19)15-7-5-6-8-17(15)21/h5-9,14,16,19H,10H2,1-4H3. The van der Waals surface area contributed by atoms with E-state index in [-0.39, 0.29) is 0 Å². The smallest absolute Gasteiger partial charge is 0.0414 e. The van der Waals surface area contributed by atoms with Crippen LogP contribution < -0.4 is 4.90 Å². The largest absolute Gasteiger partial charge is 0.367 e. The Bertz CT molecular complexity index is 696. The van der Waals surface area contributed by atoms with Crippen LogP contribution in [0.3, 0.4) is 0 Å². The summed E-state index contributed by atoms with van der Waals surface area (Å²) in [6.45, 7) is 10.1. The van der Waals surface area contributed by atoms with E-state index in [0.717, 1.165) is 12.2 Å². The molecule has 2 heteroatoms. The van der Waals surface area contributed by atoms with Crippen LogP contribution >= 0.6 is 0 Å². The summed E-state index contributed by atoms with van der Waals surface area (Å²) in [5.74, 6) is 1.20. The van der Waals surface area contributed by atoms with Crippen molar-refractivity contribution in [3.05, 3.63) is 58.4 Å². The molecular weight excluding hydrogens is 256 g/mol. The average Bonchev–Trinajstić information content (AvgIpc) is 2.95. The molecule has 3 atom stereocenters. The van der Waals surface area contributed by atoms with E-state index in [2.05, 4.69) is 62.9 Å². The number of anilines is 1. The van der Waals surface area contributed by atoms with Gasteiger partial charge < -0.3 is 4.90 Å². The van der Waals surface area contributed by atoms with Crippen LogP contribution in [0.4, 0.5) is 5.69 Å². The van der Waals surface area contributed by atoms with Crippen LogP contribution in [-0.4, -0.2) is 17.6 Å². The van der Waals surface area contributed by atoms with Crippen molar-refractivity contribution in [2.24, 2.45) is 0 Å². The van der Waals surface area contributed by atoms with Gasteiger partial charge in [-0.15, -0.1) is 0 Å². The molecule has 2 nitrogen and oxygen atoms in total. The fourth-order valence-electron chi connectivity index (χ4n) is 4.67. The van der Waals surface area contributed by atoms with E-state index < -0.39 is 0 Å². The first-order valence-electron chi connectivity index (χ1n) is 7.88. The third-order valence-electron chi connectivity index (χ3n) is 5.40. The summed E-state index contributed by atoms with van der Waals surface area (Å²) < 4.78 is 0. The van der Waals surface area contributed by atoms with Gasteiger partial charge in [0.05, 0.1) is 0 Å². The molecule has 0 radical (unpaired) electrons. The topological polar surface area (TPSA) is 16.1 Å². The molecule has 0 aliphatic carbocycles. The first-order chi connectivity index (χ1) is 10.1. The predicted octanol–water partition coefficient (Wildman–Crippen LogP) is 4.10. The SMILES string of the molecule is Cc1cc(C)c(C2C3CN(c4ccccc43)C2C)c(C)n1. The summed E-state index contributed by atoms with van der Waals surface area (Å²) in [6.07, 6.45) is 0. The highest BCUT2D eigenvalue weighted by Crippen LogP contribution is 2.54. The molecular formula is C19H22N2. The van der Waals surface area contributed by atoms with Gasteiger partial charge in [-0.05, 0) is 56.5 Å². The van der Waals surface area contributed by atoms with E-state index in [1.54, 1.807) is 0 Å². The zero-order chi connectivity index (χ0) is 14.7. The monoisotopic (exact) mass is 278 g/mol. The fourth-order valence-corrected chi connectivity index (χ4v) is 4.67. The number of hydrogen-bond acceptors (Lipinski definition) is 2. The minimum atomic E-state index is 0.562. The van der Waals surface area contributed by atoms with E-state index in [9.17, 15) is 0 Å². The minimum Gasteiger partial charge on any atom is -0.367 e. The van der Waals surface area contributed by atoms with Crippen LogP contribution in [0.1, 0.15) is 46.8 Å². The Balaban J connectivity index is 1.86. The van der Waals surface area contributed by atoms with Crippen molar-refractivity contribution < 1.29 is 0 Å². The Morgan fingerprint density at radius 1 is 1.14 bits per heavy atom. The normalized spacial score (nSPS) is 26.3. The van der Waals surface area contributed by atoms with Crippen LogP contribution in [-0.2, 0) is 0 Å². The second-order valence-electron chi connectivity index (χ2n) is 6.66. The van der Waals surface area contributed by atoms with E-state index in [1.165, 1.54) is 28.1 Å². The lowest BCUT2D eigenvalue weighted by molar-refractivity contribution is 0.561. The molecule has 108 valence electrons. The van der Waals surface area contributed by atoms with Crippen molar-refractivity contribution >= 4 is 5.69 Å². The molecule has 2 aliphatic heterocycles. The maximum absolute atomic E-state index is 4.73. The summed E-state index contributed by atoms with van der Waals surface area (Å²) in [5, 5.41) is 0. The second-order valence-corrected chi connectivity index (χ2v) is 6.66. The van der Waals surface area contributed by atoms with Crippen LogP contribution in [0.5, 0.6) is 0 Å². The van der Waals surface area contributed by atoms with Crippen LogP contribution in [0.25, 0.3) is 0 Å². The van der Waals surface area contributed by atoms with Gasteiger partial charge in [-0.1, -0.05) is 18.2 Å². The molecule has 0 spiro atoms. The molecule has 3 unspecified atom stereocenters. The maximum atomic E-state index is 4.73. The molecule has 1 aromatic heterocycles. The van der Waals surface area contributed by atoms with Crippen molar-refractivity contribution in [3.63, 3.8) is 0 Å². The summed E-state index contributed by atoms with van der Waals surface area (Å²) in [6, 6.07) is 11.7. The number of aryl methyl sites for hydroxylation is 3. The molecule has 21 heavy (non-hydrogen) atoms. The summed E-state index contributed by atoms with van der Waals surface area (Å²) in [4.78, 5) is 7.32. The van der Waals surface area contributed by atoms with Gasteiger partial charge in [-0.3, -0.25) is 4.98 Å². The highest BCUT2D eigenvalue weighted by atomic mass is 15.2. The first kappa shape index (κ1) is 12.9. The molecule has 0 amide bonds. The quantitative estimate of drug-likeness (QED) is 0.781. The zero-order valence-corrected chi connectivity index (χ0v) is 13.2. The number of para-hydroxylation sites is 1. The van der Waals surface area contributed by atoms with E-state index in [4.69, 9.17) is 4.98 Å². The van der Waals surface area contributed by atoms with Gasteiger partial charge in [-0.2, -0.15) is 0 Å². The number of hydrogen-bond donors (Lipinski definition) is 0. The van der Waals surface area contributed by atoms with Gasteiger partial charge in [0.1, 0.15) is 0 Å². The molecule has 2 aromatic rings. The number of fused-ring (bicyclic) bond motifs is 5. The number of rotatable bonds is 1. The van der Waals surface area contributed by atoms with Crippen LogP contribution in [0, 0.1) is 20.8 Å². The zero-order valence-electron chi connectivity index (χ0n) is 13.2. The lowest BCUT2D eigenvalue weighted by Gasteiger charge is -2.34.